The standard InChI is InChI=1S/C17H28N2/c1-17(2,3)18-12-16-10-7-11-19(14-16)13-15-8-5-4-6-9-15/h4-6,8-9,16,18H,7,10-14H2,1-3H3. The van der Waals surface area contributed by atoms with E-state index in [0.717, 1.165) is 19.0 Å². The zero-order chi connectivity index (χ0) is 13.7. The number of nitrogens with zero attached hydrogens (tertiary/aromatic N) is 1. The summed E-state index contributed by atoms with van der Waals surface area (Å²) >= 11 is 0. The minimum Gasteiger partial charge on any atom is -0.312 e. The number of hydrogen-bond donors (Lipinski definition) is 1. The molecule has 1 N–H and O–H groups in total. The summed E-state index contributed by atoms with van der Waals surface area (Å²) in [4.78, 5) is 2.60. The van der Waals surface area contributed by atoms with Crippen molar-refractivity contribution in [3.63, 3.8) is 0 Å². The van der Waals surface area contributed by atoms with E-state index in [1.54, 1.807) is 0 Å². The van der Waals surface area contributed by atoms with Crippen LogP contribution in [-0.2, 0) is 6.54 Å². The molecule has 0 spiro atoms. The van der Waals surface area contributed by atoms with Crippen molar-refractivity contribution in [2.75, 3.05) is 19.6 Å². The van der Waals surface area contributed by atoms with Crippen molar-refractivity contribution in [3.05, 3.63) is 35.9 Å². The van der Waals surface area contributed by atoms with E-state index in [4.69, 9.17) is 0 Å². The van der Waals surface area contributed by atoms with E-state index in [1.807, 2.05) is 0 Å². The fourth-order valence-corrected chi connectivity index (χ4v) is 2.75. The van der Waals surface area contributed by atoms with Crippen LogP contribution in [0.3, 0.4) is 0 Å². The molecular weight excluding hydrogens is 232 g/mol. The molecule has 2 rings (SSSR count). The molecule has 0 aromatic heterocycles. The van der Waals surface area contributed by atoms with Crippen LogP contribution in [-0.4, -0.2) is 30.1 Å². The van der Waals surface area contributed by atoms with Crippen LogP contribution in [0.15, 0.2) is 30.3 Å². The molecular formula is C17H28N2. The van der Waals surface area contributed by atoms with Gasteiger partial charge in [0.1, 0.15) is 0 Å². The maximum absolute atomic E-state index is 3.65. The molecule has 1 saturated heterocycles. The van der Waals surface area contributed by atoms with Gasteiger partial charge in [0.2, 0.25) is 0 Å². The second kappa shape index (κ2) is 6.53. The average molecular weight is 260 g/mol. The summed E-state index contributed by atoms with van der Waals surface area (Å²) in [7, 11) is 0. The van der Waals surface area contributed by atoms with Gasteiger partial charge in [0.15, 0.2) is 0 Å². The summed E-state index contributed by atoms with van der Waals surface area (Å²) in [6.07, 6.45) is 2.71. The highest BCUT2D eigenvalue weighted by atomic mass is 15.1. The number of hydrogen-bond acceptors (Lipinski definition) is 2. The fraction of sp³-hybridized carbons (Fsp3) is 0.647. The summed E-state index contributed by atoms with van der Waals surface area (Å²) < 4.78 is 0. The van der Waals surface area contributed by atoms with Gasteiger partial charge < -0.3 is 5.32 Å². The summed E-state index contributed by atoms with van der Waals surface area (Å²) in [6.45, 7) is 11.5. The summed E-state index contributed by atoms with van der Waals surface area (Å²) in [5.74, 6) is 0.802. The second-order valence-corrected chi connectivity index (χ2v) is 6.86. The zero-order valence-corrected chi connectivity index (χ0v) is 12.7. The van der Waals surface area contributed by atoms with E-state index in [1.165, 1.54) is 31.5 Å². The van der Waals surface area contributed by atoms with Crippen molar-refractivity contribution < 1.29 is 0 Å². The van der Waals surface area contributed by atoms with Crippen molar-refractivity contribution in [2.24, 2.45) is 5.92 Å². The van der Waals surface area contributed by atoms with Gasteiger partial charge in [-0.2, -0.15) is 0 Å². The minimum absolute atomic E-state index is 0.238. The van der Waals surface area contributed by atoms with Crippen LogP contribution in [0, 0.1) is 5.92 Å². The fourth-order valence-electron chi connectivity index (χ4n) is 2.75. The molecule has 1 aromatic carbocycles. The molecule has 0 radical (unpaired) electrons. The second-order valence-electron chi connectivity index (χ2n) is 6.86. The molecule has 1 unspecified atom stereocenters. The van der Waals surface area contributed by atoms with Crippen LogP contribution in [0.2, 0.25) is 0 Å². The van der Waals surface area contributed by atoms with Crippen molar-refractivity contribution in [1.29, 1.82) is 0 Å². The molecule has 1 heterocycles. The monoisotopic (exact) mass is 260 g/mol. The lowest BCUT2D eigenvalue weighted by Crippen LogP contribution is -2.44. The van der Waals surface area contributed by atoms with Gasteiger partial charge in [-0.25, -0.2) is 0 Å². The zero-order valence-electron chi connectivity index (χ0n) is 12.7. The number of likely N-dealkylation sites (tertiary alicyclic amines) is 1. The maximum atomic E-state index is 3.65. The molecule has 1 aliphatic rings. The van der Waals surface area contributed by atoms with Gasteiger partial charge in [-0.3, -0.25) is 4.90 Å². The summed E-state index contributed by atoms with van der Waals surface area (Å²) in [6, 6.07) is 10.8. The van der Waals surface area contributed by atoms with Crippen molar-refractivity contribution in [1.82, 2.24) is 10.2 Å². The Hall–Kier alpha value is -0.860. The Morgan fingerprint density at radius 2 is 1.95 bits per heavy atom. The summed E-state index contributed by atoms with van der Waals surface area (Å²) in [5.41, 5.74) is 1.67. The predicted octanol–water partition coefficient (Wildman–Crippen LogP) is 3.29. The Balaban J connectivity index is 1.80. The largest absolute Gasteiger partial charge is 0.312 e. The SMILES string of the molecule is CC(C)(C)NCC1CCCN(Cc2ccccc2)C1. The molecule has 1 fully saturated rings. The lowest BCUT2D eigenvalue weighted by molar-refractivity contribution is 0.160. The number of piperidine rings is 1. The van der Waals surface area contributed by atoms with Crippen molar-refractivity contribution in [3.8, 4) is 0 Å². The van der Waals surface area contributed by atoms with Crippen LogP contribution in [0.25, 0.3) is 0 Å². The molecule has 2 heteroatoms. The third kappa shape index (κ3) is 5.33. The number of benzene rings is 1. The third-order valence-electron chi connectivity index (χ3n) is 3.77. The molecule has 1 atom stereocenters. The van der Waals surface area contributed by atoms with Gasteiger partial charge in [0.25, 0.3) is 0 Å². The Labute approximate surface area is 118 Å². The third-order valence-corrected chi connectivity index (χ3v) is 3.77. The quantitative estimate of drug-likeness (QED) is 0.893. The number of nitrogens with one attached hydrogen (secondary N) is 1. The molecule has 1 aliphatic heterocycles. The van der Waals surface area contributed by atoms with Crippen LogP contribution in [0.4, 0.5) is 0 Å². The van der Waals surface area contributed by atoms with Gasteiger partial charge in [-0.05, 0) is 58.2 Å². The highest BCUT2D eigenvalue weighted by Gasteiger charge is 2.21. The molecule has 0 bridgehead atoms. The molecule has 0 saturated carbocycles. The molecule has 19 heavy (non-hydrogen) atoms. The Kier molecular flexibility index (Phi) is 5.00. The Morgan fingerprint density at radius 3 is 2.63 bits per heavy atom. The van der Waals surface area contributed by atoms with Gasteiger partial charge in [0, 0.05) is 18.6 Å². The Bertz CT molecular complexity index is 367. The van der Waals surface area contributed by atoms with Gasteiger partial charge >= 0.3 is 0 Å². The highest BCUT2D eigenvalue weighted by molar-refractivity contribution is 5.14. The highest BCUT2D eigenvalue weighted by Crippen LogP contribution is 2.18. The number of rotatable bonds is 4. The molecule has 2 nitrogen and oxygen atoms in total. The van der Waals surface area contributed by atoms with Crippen LogP contribution < -0.4 is 5.32 Å². The lowest BCUT2D eigenvalue weighted by atomic mass is 9.96. The lowest BCUT2D eigenvalue weighted by Gasteiger charge is -2.34. The summed E-state index contributed by atoms with van der Waals surface area (Å²) in [5, 5.41) is 3.65. The van der Waals surface area contributed by atoms with E-state index in [-0.39, 0.29) is 5.54 Å². The molecule has 0 amide bonds. The van der Waals surface area contributed by atoms with Gasteiger partial charge in [0.05, 0.1) is 0 Å². The smallest absolute Gasteiger partial charge is 0.0233 e. The van der Waals surface area contributed by atoms with Crippen LogP contribution in [0.5, 0.6) is 0 Å². The predicted molar refractivity (Wildman–Crippen MR) is 82.2 cm³/mol. The first-order chi connectivity index (χ1) is 9.03. The molecule has 0 aliphatic carbocycles. The minimum atomic E-state index is 0.238. The Morgan fingerprint density at radius 1 is 1.21 bits per heavy atom. The van der Waals surface area contributed by atoms with E-state index in [9.17, 15) is 0 Å². The van der Waals surface area contributed by atoms with E-state index < -0.39 is 0 Å². The maximum Gasteiger partial charge on any atom is 0.0233 e. The average Bonchev–Trinajstić information content (AvgIpc) is 2.37. The van der Waals surface area contributed by atoms with E-state index in [2.05, 4.69) is 61.3 Å². The first-order valence-electron chi connectivity index (χ1n) is 7.54. The normalized spacial score (nSPS) is 21.5. The van der Waals surface area contributed by atoms with E-state index in [0.29, 0.717) is 0 Å². The topological polar surface area (TPSA) is 15.3 Å². The van der Waals surface area contributed by atoms with Gasteiger partial charge in [-0.1, -0.05) is 30.3 Å². The van der Waals surface area contributed by atoms with Crippen molar-refractivity contribution in [2.45, 2.75) is 45.7 Å². The first kappa shape index (κ1) is 14.5. The van der Waals surface area contributed by atoms with Crippen LogP contribution >= 0.6 is 0 Å². The molecule has 106 valence electrons. The van der Waals surface area contributed by atoms with Gasteiger partial charge in [-0.15, -0.1) is 0 Å². The molecule has 1 aromatic rings. The van der Waals surface area contributed by atoms with Crippen LogP contribution in [0.1, 0.15) is 39.2 Å². The van der Waals surface area contributed by atoms with E-state index >= 15 is 0 Å². The van der Waals surface area contributed by atoms with Crippen molar-refractivity contribution >= 4 is 0 Å². The first-order valence-corrected chi connectivity index (χ1v) is 7.54.